The monoisotopic (exact) mass is 447 g/mol. The van der Waals surface area contributed by atoms with Crippen LogP contribution in [0.2, 0.25) is 0 Å². The van der Waals surface area contributed by atoms with Crippen LogP contribution >= 0.6 is 0 Å². The number of H-pyrrole nitrogens is 1. The van der Waals surface area contributed by atoms with E-state index in [0.717, 1.165) is 50.3 Å². The number of aromatic amines is 1. The fourth-order valence-corrected chi connectivity index (χ4v) is 4.09. The number of nitrogens with one attached hydrogen (secondary N) is 1. The van der Waals surface area contributed by atoms with Crippen molar-refractivity contribution in [1.29, 1.82) is 0 Å². The third-order valence-electron chi connectivity index (χ3n) is 5.80. The van der Waals surface area contributed by atoms with Crippen molar-refractivity contribution in [1.82, 2.24) is 9.97 Å². The maximum absolute atomic E-state index is 5.49. The van der Waals surface area contributed by atoms with Gasteiger partial charge in [-0.15, -0.1) is 0 Å². The molecule has 5 aromatic rings. The summed E-state index contributed by atoms with van der Waals surface area (Å²) in [5.41, 5.74) is 7.37. The summed E-state index contributed by atoms with van der Waals surface area (Å²) in [6.07, 6.45) is 1.78. The molecule has 168 valence electrons. The van der Waals surface area contributed by atoms with E-state index in [1.165, 1.54) is 0 Å². The molecule has 0 amide bonds. The number of methoxy groups -OCH3 is 2. The van der Waals surface area contributed by atoms with Gasteiger partial charge in [0.25, 0.3) is 0 Å². The summed E-state index contributed by atoms with van der Waals surface area (Å²) in [5, 5.41) is 0. The number of aromatic nitrogens is 2. The first-order valence-electron chi connectivity index (χ1n) is 11.1. The maximum atomic E-state index is 5.49. The molecule has 0 atom stereocenters. The molecule has 1 N–H and O–H groups in total. The van der Waals surface area contributed by atoms with Crippen LogP contribution in [0.5, 0.6) is 11.5 Å². The van der Waals surface area contributed by atoms with Gasteiger partial charge in [0.2, 0.25) is 0 Å². The molecule has 5 heteroatoms. The number of hydrogen-bond acceptors (Lipinski definition) is 4. The fraction of sp³-hybridized carbons (Fsp3) is 0.103. The number of imidazole rings is 1. The van der Waals surface area contributed by atoms with Gasteiger partial charge in [-0.1, -0.05) is 72.8 Å². The second-order valence-corrected chi connectivity index (χ2v) is 7.89. The van der Waals surface area contributed by atoms with Gasteiger partial charge in [0.15, 0.2) is 0 Å². The van der Waals surface area contributed by atoms with Crippen molar-refractivity contribution in [3.8, 4) is 33.8 Å². The van der Waals surface area contributed by atoms with E-state index in [4.69, 9.17) is 14.5 Å². The van der Waals surface area contributed by atoms with Crippen molar-refractivity contribution in [2.24, 2.45) is 4.99 Å². The van der Waals surface area contributed by atoms with E-state index in [1.54, 1.807) is 20.4 Å². The SMILES string of the molecule is COc1ccc(CN=Cc2nc3c(-c4ccccc4)ccc(-c4ccccc4)c3[nH]2)c(OC)c1. The van der Waals surface area contributed by atoms with Gasteiger partial charge in [0, 0.05) is 22.8 Å². The van der Waals surface area contributed by atoms with Crippen LogP contribution in [-0.2, 0) is 6.54 Å². The van der Waals surface area contributed by atoms with E-state index in [0.29, 0.717) is 12.4 Å². The normalized spacial score (nSPS) is 11.2. The Kier molecular flexibility index (Phi) is 6.08. The highest BCUT2D eigenvalue weighted by Crippen LogP contribution is 2.34. The number of nitrogens with zero attached hydrogens (tertiary/aromatic N) is 2. The molecule has 0 saturated carbocycles. The van der Waals surface area contributed by atoms with Gasteiger partial charge in [-0.2, -0.15) is 0 Å². The van der Waals surface area contributed by atoms with Crippen LogP contribution in [0.3, 0.4) is 0 Å². The van der Waals surface area contributed by atoms with Crippen LogP contribution in [0.4, 0.5) is 0 Å². The standard InChI is InChI=1S/C29H25N3O2/c1-33-23-14-13-22(26(17-23)34-2)18-30-19-27-31-28-24(20-9-5-3-6-10-20)15-16-25(29(28)32-27)21-11-7-4-8-12-21/h3-17,19H,18H2,1-2H3,(H,31,32). The second kappa shape index (κ2) is 9.63. The molecule has 0 bridgehead atoms. The van der Waals surface area contributed by atoms with E-state index < -0.39 is 0 Å². The van der Waals surface area contributed by atoms with Gasteiger partial charge >= 0.3 is 0 Å². The molecule has 34 heavy (non-hydrogen) atoms. The average molecular weight is 448 g/mol. The first-order chi connectivity index (χ1) is 16.8. The summed E-state index contributed by atoms with van der Waals surface area (Å²) in [7, 11) is 3.29. The van der Waals surface area contributed by atoms with E-state index in [1.807, 2.05) is 54.6 Å². The van der Waals surface area contributed by atoms with Crippen LogP contribution in [0.25, 0.3) is 33.3 Å². The summed E-state index contributed by atoms with van der Waals surface area (Å²) in [4.78, 5) is 13.1. The van der Waals surface area contributed by atoms with Crippen molar-refractivity contribution in [2.45, 2.75) is 6.54 Å². The van der Waals surface area contributed by atoms with Gasteiger partial charge in [-0.3, -0.25) is 4.99 Å². The van der Waals surface area contributed by atoms with E-state index in [2.05, 4.69) is 46.4 Å². The third kappa shape index (κ3) is 4.28. The molecule has 0 fully saturated rings. The Balaban J connectivity index is 1.53. The molecule has 0 unspecified atom stereocenters. The van der Waals surface area contributed by atoms with Crippen molar-refractivity contribution < 1.29 is 9.47 Å². The number of ether oxygens (including phenoxy) is 2. The van der Waals surface area contributed by atoms with Crippen molar-refractivity contribution >= 4 is 17.2 Å². The molecule has 5 rings (SSSR count). The highest BCUT2D eigenvalue weighted by molar-refractivity contribution is 6.02. The average Bonchev–Trinajstić information content (AvgIpc) is 3.33. The molecule has 0 aliphatic carbocycles. The zero-order chi connectivity index (χ0) is 23.3. The first-order valence-corrected chi connectivity index (χ1v) is 11.1. The zero-order valence-corrected chi connectivity index (χ0v) is 19.2. The minimum Gasteiger partial charge on any atom is -0.497 e. The predicted octanol–water partition coefficient (Wildman–Crippen LogP) is 6.53. The lowest BCUT2D eigenvalue weighted by Crippen LogP contribution is -1.93. The predicted molar refractivity (Wildman–Crippen MR) is 138 cm³/mol. The molecule has 1 aromatic heterocycles. The smallest absolute Gasteiger partial charge is 0.149 e. The van der Waals surface area contributed by atoms with Gasteiger partial charge < -0.3 is 14.5 Å². The molecule has 0 radical (unpaired) electrons. The molecule has 0 aliphatic rings. The number of rotatable bonds is 7. The van der Waals surface area contributed by atoms with Gasteiger partial charge in [-0.05, 0) is 23.3 Å². The number of aliphatic imine (C=N–C) groups is 1. The molecule has 1 heterocycles. The lowest BCUT2D eigenvalue weighted by Gasteiger charge is -2.08. The summed E-state index contributed by atoms with van der Waals surface area (Å²) < 4.78 is 10.8. The van der Waals surface area contributed by atoms with Crippen LogP contribution in [0.1, 0.15) is 11.4 Å². The van der Waals surface area contributed by atoms with E-state index >= 15 is 0 Å². The van der Waals surface area contributed by atoms with Crippen molar-refractivity contribution in [3.05, 3.63) is 102 Å². The lowest BCUT2D eigenvalue weighted by molar-refractivity contribution is 0.391. The van der Waals surface area contributed by atoms with Crippen LogP contribution in [-0.4, -0.2) is 30.4 Å². The Labute approximate surface area is 198 Å². The van der Waals surface area contributed by atoms with Gasteiger partial charge in [0.1, 0.15) is 17.3 Å². The van der Waals surface area contributed by atoms with Crippen LogP contribution in [0, 0.1) is 0 Å². The van der Waals surface area contributed by atoms with Crippen molar-refractivity contribution in [3.63, 3.8) is 0 Å². The summed E-state index contributed by atoms with van der Waals surface area (Å²) in [6.45, 7) is 0.474. The fourth-order valence-electron chi connectivity index (χ4n) is 4.09. The number of benzene rings is 4. The minimum absolute atomic E-state index is 0.474. The summed E-state index contributed by atoms with van der Waals surface area (Å²) >= 11 is 0. The Morgan fingerprint density at radius 1 is 0.794 bits per heavy atom. The maximum Gasteiger partial charge on any atom is 0.149 e. The first kappa shape index (κ1) is 21.5. The van der Waals surface area contributed by atoms with Gasteiger partial charge in [0.05, 0.1) is 38.0 Å². The van der Waals surface area contributed by atoms with Crippen LogP contribution in [0.15, 0.2) is 96.0 Å². The third-order valence-corrected chi connectivity index (χ3v) is 5.80. The van der Waals surface area contributed by atoms with Crippen LogP contribution < -0.4 is 9.47 Å². The van der Waals surface area contributed by atoms with Crippen molar-refractivity contribution in [2.75, 3.05) is 14.2 Å². The largest absolute Gasteiger partial charge is 0.497 e. The number of fused-ring (bicyclic) bond motifs is 1. The van der Waals surface area contributed by atoms with Gasteiger partial charge in [-0.25, -0.2) is 4.98 Å². The second-order valence-electron chi connectivity index (χ2n) is 7.89. The molecular formula is C29H25N3O2. The van der Waals surface area contributed by atoms with E-state index in [-0.39, 0.29) is 0 Å². The molecule has 0 saturated heterocycles. The molecule has 0 spiro atoms. The Hall–Kier alpha value is -4.38. The zero-order valence-electron chi connectivity index (χ0n) is 19.2. The van der Waals surface area contributed by atoms with E-state index in [9.17, 15) is 0 Å². The minimum atomic E-state index is 0.474. The molecule has 5 nitrogen and oxygen atoms in total. The summed E-state index contributed by atoms with van der Waals surface area (Å²) in [5.74, 6) is 2.21. The Morgan fingerprint density at radius 2 is 1.47 bits per heavy atom. The Morgan fingerprint density at radius 3 is 2.15 bits per heavy atom. The molecular weight excluding hydrogens is 422 g/mol. The molecule has 4 aromatic carbocycles. The molecule has 0 aliphatic heterocycles. The highest BCUT2D eigenvalue weighted by atomic mass is 16.5. The summed E-state index contributed by atoms with van der Waals surface area (Å²) in [6, 6.07) is 30.7. The Bertz CT molecular complexity index is 1360. The highest BCUT2D eigenvalue weighted by Gasteiger charge is 2.14. The number of hydrogen-bond donors (Lipinski definition) is 1. The quantitative estimate of drug-likeness (QED) is 0.288. The lowest BCUT2D eigenvalue weighted by atomic mass is 9.98. The topological polar surface area (TPSA) is 59.5 Å².